The van der Waals surface area contributed by atoms with Gasteiger partial charge in [-0.05, 0) is 12.0 Å². The molecule has 0 spiro atoms. The van der Waals surface area contributed by atoms with Crippen molar-refractivity contribution in [1.82, 2.24) is 5.32 Å². The van der Waals surface area contributed by atoms with Crippen LogP contribution in [0.25, 0.3) is 10.4 Å². The maximum atomic E-state index is 11.1. The second kappa shape index (κ2) is 7.50. The van der Waals surface area contributed by atoms with E-state index in [0.717, 1.165) is 0 Å². The largest absolute Gasteiger partial charge is 0.481 e. The minimum Gasteiger partial charge on any atom is -0.481 e. The monoisotopic (exact) mass is 300 g/mol. The number of azide groups is 1. The van der Waals surface area contributed by atoms with E-state index in [0.29, 0.717) is 0 Å². The summed E-state index contributed by atoms with van der Waals surface area (Å²) in [5.74, 6) is -5.17. The van der Waals surface area contributed by atoms with Crippen LogP contribution < -0.4 is 5.32 Å². The minimum absolute atomic E-state index is 0.0996. The maximum Gasteiger partial charge on any atom is 0.341 e. The number of amides is 1. The fourth-order valence-corrected chi connectivity index (χ4v) is 1.48. The molecule has 0 saturated carbocycles. The van der Waals surface area contributed by atoms with E-state index in [-0.39, 0.29) is 12.0 Å². The van der Waals surface area contributed by atoms with E-state index in [9.17, 15) is 19.2 Å². The molecule has 0 rings (SSSR count). The van der Waals surface area contributed by atoms with Gasteiger partial charge in [-0.15, -0.1) is 0 Å². The van der Waals surface area contributed by atoms with Crippen molar-refractivity contribution in [2.75, 3.05) is 0 Å². The molecule has 4 N–H and O–H groups in total. The lowest BCUT2D eigenvalue weighted by atomic mass is 9.89. The van der Waals surface area contributed by atoms with Crippen LogP contribution in [0.1, 0.15) is 12.8 Å². The molecule has 1 amide bonds. The zero-order chi connectivity index (χ0) is 16.6. The molecule has 1 unspecified atom stereocenters. The highest BCUT2D eigenvalue weighted by atomic mass is 16.4. The number of rotatable bonds is 10. The lowest BCUT2D eigenvalue weighted by Crippen LogP contribution is -2.58. The molecular weight excluding hydrogens is 288 g/mol. The van der Waals surface area contributed by atoms with Crippen molar-refractivity contribution in [2.24, 2.45) is 5.11 Å². The molecule has 1 atom stereocenters. The van der Waals surface area contributed by atoms with Gasteiger partial charge in [0.2, 0.25) is 11.9 Å². The van der Waals surface area contributed by atoms with Crippen molar-refractivity contribution in [3.05, 3.63) is 22.6 Å². The van der Waals surface area contributed by atoms with Crippen LogP contribution in [0, 0.1) is 0 Å². The maximum absolute atomic E-state index is 11.1. The Labute approximate surface area is 117 Å². The highest BCUT2D eigenvalue weighted by Crippen LogP contribution is 2.21. The summed E-state index contributed by atoms with van der Waals surface area (Å²) >= 11 is 0. The van der Waals surface area contributed by atoms with Crippen LogP contribution in [0.2, 0.25) is 0 Å². The molecule has 0 bridgehead atoms. The van der Waals surface area contributed by atoms with Gasteiger partial charge in [-0.1, -0.05) is 17.3 Å². The van der Waals surface area contributed by atoms with Gasteiger partial charge in [0.05, 0.1) is 0 Å². The fraction of sp³-hybridized carbons (Fsp3) is 0.400. The second-order valence-corrected chi connectivity index (χ2v) is 3.97. The van der Waals surface area contributed by atoms with Crippen molar-refractivity contribution in [3.63, 3.8) is 0 Å². The number of nitrogens with zero attached hydrogens (tertiary/aromatic N) is 3. The molecule has 11 nitrogen and oxygen atoms in total. The van der Waals surface area contributed by atoms with Crippen LogP contribution in [0.3, 0.4) is 0 Å². The molecule has 21 heavy (non-hydrogen) atoms. The standard InChI is InChI=1S/C10H12N4O7/c1-5(2-6(7(16)17)13-14-11)3-10(8(18)19,9(20)21)12-4-15/h4,6H,1-3H2,(H,12,15)(H,16,17)(H,18,19)(H,20,21). The van der Waals surface area contributed by atoms with Gasteiger partial charge in [-0.25, -0.2) is 9.59 Å². The third-order valence-corrected chi connectivity index (χ3v) is 2.51. The predicted octanol–water partition coefficient (Wildman–Crippen LogP) is -0.260. The topological polar surface area (TPSA) is 190 Å². The molecule has 0 aliphatic heterocycles. The van der Waals surface area contributed by atoms with Crippen molar-refractivity contribution in [1.29, 1.82) is 0 Å². The minimum atomic E-state index is -2.67. The van der Waals surface area contributed by atoms with Gasteiger partial charge in [0.15, 0.2) is 0 Å². The molecule has 0 heterocycles. The van der Waals surface area contributed by atoms with Gasteiger partial charge < -0.3 is 20.6 Å². The summed E-state index contributed by atoms with van der Waals surface area (Å²) in [6, 6.07) is -1.56. The van der Waals surface area contributed by atoms with Crippen LogP contribution in [0.5, 0.6) is 0 Å². The smallest absolute Gasteiger partial charge is 0.341 e. The third-order valence-electron chi connectivity index (χ3n) is 2.51. The quantitative estimate of drug-likeness (QED) is 0.107. The molecule has 0 aromatic carbocycles. The van der Waals surface area contributed by atoms with Crippen molar-refractivity contribution >= 4 is 24.3 Å². The predicted molar refractivity (Wildman–Crippen MR) is 66.1 cm³/mol. The van der Waals surface area contributed by atoms with Crippen LogP contribution in [-0.4, -0.2) is 51.2 Å². The number of nitrogens with one attached hydrogen (secondary N) is 1. The Bertz CT molecular complexity index is 507. The summed E-state index contributed by atoms with van der Waals surface area (Å²) in [6.07, 6.45) is -1.33. The first-order valence-electron chi connectivity index (χ1n) is 5.33. The molecule has 114 valence electrons. The van der Waals surface area contributed by atoms with Gasteiger partial charge in [0.25, 0.3) is 0 Å². The normalized spacial score (nSPS) is 11.6. The Balaban J connectivity index is 5.27. The van der Waals surface area contributed by atoms with Crippen LogP contribution in [0.15, 0.2) is 17.3 Å². The average molecular weight is 300 g/mol. The SMILES string of the molecule is C=C(CC(N=[N+]=[N-])C(=O)O)CC(NC=O)(C(=O)O)C(=O)O. The first-order valence-corrected chi connectivity index (χ1v) is 5.33. The Morgan fingerprint density at radius 2 is 1.86 bits per heavy atom. The van der Waals surface area contributed by atoms with E-state index in [1.54, 1.807) is 5.32 Å². The summed E-state index contributed by atoms with van der Waals surface area (Å²) in [6.45, 7) is 3.36. The van der Waals surface area contributed by atoms with E-state index in [2.05, 4.69) is 16.6 Å². The first-order chi connectivity index (χ1) is 9.71. The highest BCUT2D eigenvalue weighted by molar-refractivity contribution is 6.05. The molecule has 0 radical (unpaired) electrons. The summed E-state index contributed by atoms with van der Waals surface area (Å²) in [5.41, 5.74) is 5.41. The zero-order valence-corrected chi connectivity index (χ0v) is 10.6. The molecule has 0 aromatic rings. The van der Waals surface area contributed by atoms with E-state index >= 15 is 0 Å². The fourth-order valence-electron chi connectivity index (χ4n) is 1.48. The second-order valence-electron chi connectivity index (χ2n) is 3.97. The van der Waals surface area contributed by atoms with E-state index < -0.39 is 42.3 Å². The molecular formula is C10H12N4O7. The van der Waals surface area contributed by atoms with Crippen LogP contribution in [-0.2, 0) is 19.2 Å². The third kappa shape index (κ3) is 4.51. The van der Waals surface area contributed by atoms with Gasteiger partial charge in [-0.2, -0.15) is 0 Å². The summed E-state index contributed by atoms with van der Waals surface area (Å²) in [5, 5.41) is 31.4. The van der Waals surface area contributed by atoms with Crippen molar-refractivity contribution in [2.45, 2.75) is 24.4 Å². The van der Waals surface area contributed by atoms with Crippen LogP contribution in [0.4, 0.5) is 0 Å². The van der Waals surface area contributed by atoms with E-state index in [1.807, 2.05) is 0 Å². The molecule has 0 aliphatic carbocycles. The van der Waals surface area contributed by atoms with E-state index in [4.69, 9.17) is 20.9 Å². The van der Waals surface area contributed by atoms with E-state index in [1.165, 1.54) is 0 Å². The summed E-state index contributed by atoms with van der Waals surface area (Å²) in [7, 11) is 0. The van der Waals surface area contributed by atoms with Crippen molar-refractivity contribution < 1.29 is 34.5 Å². The molecule has 0 aliphatic rings. The number of aliphatic carboxylic acids is 3. The summed E-state index contributed by atoms with van der Waals surface area (Å²) in [4.78, 5) is 45.7. The lowest BCUT2D eigenvalue weighted by molar-refractivity contribution is -0.160. The molecule has 0 saturated heterocycles. The Kier molecular flexibility index (Phi) is 6.41. The first kappa shape index (κ1) is 17.9. The Morgan fingerprint density at radius 1 is 1.33 bits per heavy atom. The van der Waals surface area contributed by atoms with Gasteiger partial charge in [0.1, 0.15) is 6.04 Å². The zero-order valence-electron chi connectivity index (χ0n) is 10.6. The molecule has 0 fully saturated rings. The number of hydrogen-bond acceptors (Lipinski definition) is 5. The number of carboxylic acids is 3. The number of carbonyl (C=O) groups is 4. The number of carbonyl (C=O) groups excluding carboxylic acids is 1. The number of carboxylic acid groups (broad SMARTS) is 3. The number of hydrogen-bond donors (Lipinski definition) is 4. The highest BCUT2D eigenvalue weighted by Gasteiger charge is 2.47. The molecule has 0 aromatic heterocycles. The Morgan fingerprint density at radius 3 is 2.19 bits per heavy atom. The average Bonchev–Trinajstić information content (AvgIpc) is 2.36. The van der Waals surface area contributed by atoms with Gasteiger partial charge in [0, 0.05) is 11.3 Å². The van der Waals surface area contributed by atoms with Crippen LogP contribution >= 0.6 is 0 Å². The lowest BCUT2D eigenvalue weighted by Gasteiger charge is -2.25. The van der Waals surface area contributed by atoms with Crippen molar-refractivity contribution in [3.8, 4) is 0 Å². The molecule has 11 heteroatoms. The van der Waals surface area contributed by atoms with Gasteiger partial charge >= 0.3 is 17.9 Å². The summed E-state index contributed by atoms with van der Waals surface area (Å²) < 4.78 is 0. The Hall–Kier alpha value is -3.07. The van der Waals surface area contributed by atoms with Gasteiger partial charge in [-0.3, -0.25) is 9.59 Å².